The molecule has 0 aliphatic heterocycles. The molecule has 1 heterocycles. The molecular weight excluding hydrogens is 295 g/mol. The maximum Gasteiger partial charge on any atom is 0.433 e. The molecule has 1 unspecified atom stereocenters. The molecule has 1 amide bonds. The van der Waals surface area contributed by atoms with Gasteiger partial charge in [-0.2, -0.15) is 13.2 Å². The lowest BCUT2D eigenvalue weighted by Gasteiger charge is -2.18. The van der Waals surface area contributed by atoms with Gasteiger partial charge in [0.1, 0.15) is 0 Å². The van der Waals surface area contributed by atoms with E-state index in [4.69, 9.17) is 0 Å². The van der Waals surface area contributed by atoms with Crippen molar-refractivity contribution in [2.45, 2.75) is 33.0 Å². The van der Waals surface area contributed by atoms with Crippen molar-refractivity contribution in [3.8, 4) is 0 Å². The highest BCUT2D eigenvalue weighted by Crippen LogP contribution is 2.30. The van der Waals surface area contributed by atoms with Crippen LogP contribution >= 0.6 is 0 Å². The van der Waals surface area contributed by atoms with Crippen molar-refractivity contribution in [3.63, 3.8) is 0 Å². The molecule has 0 saturated carbocycles. The van der Waals surface area contributed by atoms with Crippen molar-refractivity contribution < 1.29 is 18.0 Å². The average Bonchev–Trinajstić information content (AvgIpc) is 2.91. The summed E-state index contributed by atoms with van der Waals surface area (Å²) in [6.45, 7) is 5.56. The number of aryl methyl sites for hydroxylation is 1. The Morgan fingerprint density at radius 3 is 2.64 bits per heavy atom. The summed E-state index contributed by atoms with van der Waals surface area (Å²) in [6.07, 6.45) is -3.79. The molecule has 22 heavy (non-hydrogen) atoms. The molecule has 0 fully saturated rings. The van der Waals surface area contributed by atoms with Crippen LogP contribution in [0.5, 0.6) is 0 Å². The van der Waals surface area contributed by atoms with Crippen LogP contribution in [-0.4, -0.2) is 15.9 Å². The first-order valence-corrected chi connectivity index (χ1v) is 6.69. The van der Waals surface area contributed by atoms with E-state index in [2.05, 4.69) is 10.3 Å². The summed E-state index contributed by atoms with van der Waals surface area (Å²) in [7, 11) is 0. The normalized spacial score (nSPS) is 13.0. The van der Waals surface area contributed by atoms with E-state index in [-0.39, 0.29) is 0 Å². The van der Waals surface area contributed by atoms with Crippen LogP contribution in [0.15, 0.2) is 24.5 Å². The first-order valence-electron chi connectivity index (χ1n) is 6.69. The number of nitrogens with one attached hydrogen (secondary N) is 2. The number of imidazole rings is 1. The van der Waals surface area contributed by atoms with E-state index in [9.17, 15) is 18.0 Å². The van der Waals surface area contributed by atoms with Crippen LogP contribution in [0.2, 0.25) is 0 Å². The lowest BCUT2D eigenvalue weighted by atomic mass is 9.98. The van der Waals surface area contributed by atoms with Gasteiger partial charge in [-0.15, -0.1) is 0 Å². The number of carbonyl (C=O) groups is 1. The Morgan fingerprint density at radius 1 is 1.32 bits per heavy atom. The van der Waals surface area contributed by atoms with Crippen LogP contribution in [0.1, 0.15) is 45.8 Å². The van der Waals surface area contributed by atoms with Crippen LogP contribution in [0, 0.1) is 13.8 Å². The average molecular weight is 311 g/mol. The second kappa shape index (κ2) is 5.82. The third-order valence-corrected chi connectivity index (χ3v) is 3.60. The second-order valence-electron chi connectivity index (χ2n) is 5.11. The zero-order valence-corrected chi connectivity index (χ0v) is 12.4. The number of nitrogens with zero attached hydrogens (tertiary/aromatic N) is 1. The van der Waals surface area contributed by atoms with E-state index in [1.807, 2.05) is 37.0 Å². The highest BCUT2D eigenvalue weighted by Gasteiger charge is 2.38. The molecule has 0 bridgehead atoms. The van der Waals surface area contributed by atoms with Crippen LogP contribution in [0.3, 0.4) is 0 Å². The molecule has 7 heteroatoms. The van der Waals surface area contributed by atoms with E-state index in [1.54, 1.807) is 6.92 Å². The van der Waals surface area contributed by atoms with E-state index >= 15 is 0 Å². The first-order chi connectivity index (χ1) is 10.2. The predicted molar refractivity (Wildman–Crippen MR) is 75.4 cm³/mol. The van der Waals surface area contributed by atoms with E-state index < -0.39 is 29.5 Å². The summed E-state index contributed by atoms with van der Waals surface area (Å²) in [5.41, 5.74) is 1.11. The summed E-state index contributed by atoms with van der Waals surface area (Å²) in [5, 5.41) is 2.56. The van der Waals surface area contributed by atoms with Crippen molar-refractivity contribution in [1.29, 1.82) is 0 Å². The van der Waals surface area contributed by atoms with E-state index in [0.29, 0.717) is 0 Å². The standard InChI is InChI=1S/C15H16F3N3O/c1-8-5-4-6-11(9(8)2)10(3)21-14(22)12-13(15(16,17)18)20-7-19-12/h4-7,10H,1-3H3,(H,19,20)(H,21,22). The van der Waals surface area contributed by atoms with Gasteiger partial charge < -0.3 is 10.3 Å². The lowest BCUT2D eigenvalue weighted by molar-refractivity contribution is -0.141. The van der Waals surface area contributed by atoms with Crippen molar-refractivity contribution in [3.05, 3.63) is 52.6 Å². The molecule has 0 radical (unpaired) electrons. The minimum Gasteiger partial charge on any atom is -0.344 e. The Balaban J connectivity index is 2.23. The van der Waals surface area contributed by atoms with Crippen LogP contribution in [0.4, 0.5) is 13.2 Å². The molecule has 4 nitrogen and oxygen atoms in total. The molecule has 2 N–H and O–H groups in total. The van der Waals surface area contributed by atoms with Gasteiger partial charge in [0.2, 0.25) is 0 Å². The fourth-order valence-electron chi connectivity index (χ4n) is 2.27. The molecule has 2 aromatic rings. The fraction of sp³-hybridized carbons (Fsp3) is 0.333. The highest BCUT2D eigenvalue weighted by atomic mass is 19.4. The van der Waals surface area contributed by atoms with Crippen molar-refractivity contribution in [2.75, 3.05) is 0 Å². The number of hydrogen-bond donors (Lipinski definition) is 2. The van der Waals surface area contributed by atoms with Gasteiger partial charge in [-0.05, 0) is 37.5 Å². The molecule has 1 aromatic carbocycles. The minimum absolute atomic E-state index is 0.426. The molecule has 0 spiro atoms. The Labute approximate surface area is 125 Å². The number of carbonyl (C=O) groups excluding carboxylic acids is 1. The number of amides is 1. The SMILES string of the molecule is Cc1cccc(C(C)NC(=O)c2nc[nH]c2C(F)(F)F)c1C. The first kappa shape index (κ1) is 16.1. The quantitative estimate of drug-likeness (QED) is 0.911. The lowest BCUT2D eigenvalue weighted by Crippen LogP contribution is -2.29. The largest absolute Gasteiger partial charge is 0.433 e. The second-order valence-corrected chi connectivity index (χ2v) is 5.11. The van der Waals surface area contributed by atoms with Gasteiger partial charge in [-0.25, -0.2) is 4.98 Å². The van der Waals surface area contributed by atoms with E-state index in [1.165, 1.54) is 0 Å². The molecule has 0 saturated heterocycles. The smallest absolute Gasteiger partial charge is 0.344 e. The van der Waals surface area contributed by atoms with Crippen molar-refractivity contribution in [1.82, 2.24) is 15.3 Å². The van der Waals surface area contributed by atoms with Gasteiger partial charge in [-0.3, -0.25) is 4.79 Å². The number of hydrogen-bond acceptors (Lipinski definition) is 2. The van der Waals surface area contributed by atoms with Gasteiger partial charge in [0.25, 0.3) is 5.91 Å². The maximum atomic E-state index is 12.8. The van der Waals surface area contributed by atoms with Crippen molar-refractivity contribution >= 4 is 5.91 Å². The van der Waals surface area contributed by atoms with Gasteiger partial charge in [0.15, 0.2) is 11.4 Å². The number of aromatic nitrogens is 2. The maximum absolute atomic E-state index is 12.8. The summed E-state index contributed by atoms with van der Waals surface area (Å²) in [4.78, 5) is 17.5. The molecule has 118 valence electrons. The Hall–Kier alpha value is -2.31. The molecule has 2 rings (SSSR count). The fourth-order valence-corrected chi connectivity index (χ4v) is 2.27. The third kappa shape index (κ3) is 3.13. The number of H-pyrrole nitrogens is 1. The molecule has 1 atom stereocenters. The molecule has 0 aliphatic rings. The topological polar surface area (TPSA) is 57.8 Å². The Kier molecular flexibility index (Phi) is 4.25. The number of alkyl halides is 3. The zero-order chi connectivity index (χ0) is 16.5. The van der Waals surface area contributed by atoms with Gasteiger partial charge in [0, 0.05) is 0 Å². The number of rotatable bonds is 3. The zero-order valence-electron chi connectivity index (χ0n) is 12.4. The number of benzene rings is 1. The third-order valence-electron chi connectivity index (χ3n) is 3.60. The van der Waals surface area contributed by atoms with Gasteiger partial charge in [-0.1, -0.05) is 18.2 Å². The minimum atomic E-state index is -4.65. The predicted octanol–water partition coefficient (Wildman–Crippen LogP) is 3.54. The molecule has 1 aromatic heterocycles. The highest BCUT2D eigenvalue weighted by molar-refractivity contribution is 5.93. The summed E-state index contributed by atoms with van der Waals surface area (Å²) < 4.78 is 38.3. The summed E-state index contributed by atoms with van der Waals surface area (Å²) in [5.74, 6) is -0.859. The number of aromatic amines is 1. The van der Waals surface area contributed by atoms with Crippen LogP contribution in [0.25, 0.3) is 0 Å². The molecular formula is C15H16F3N3O. The molecule has 0 aliphatic carbocycles. The number of halogens is 3. The Bertz CT molecular complexity index is 692. The van der Waals surface area contributed by atoms with Crippen molar-refractivity contribution in [2.24, 2.45) is 0 Å². The van der Waals surface area contributed by atoms with E-state index in [0.717, 1.165) is 23.0 Å². The van der Waals surface area contributed by atoms with Crippen LogP contribution < -0.4 is 5.32 Å². The van der Waals surface area contributed by atoms with Crippen LogP contribution in [-0.2, 0) is 6.18 Å². The summed E-state index contributed by atoms with van der Waals surface area (Å²) >= 11 is 0. The van der Waals surface area contributed by atoms with Gasteiger partial charge >= 0.3 is 6.18 Å². The van der Waals surface area contributed by atoms with Gasteiger partial charge in [0.05, 0.1) is 12.4 Å². The monoisotopic (exact) mass is 311 g/mol. The Morgan fingerprint density at radius 2 is 2.00 bits per heavy atom. The summed E-state index contributed by atoms with van der Waals surface area (Å²) in [6, 6.07) is 5.19.